The lowest BCUT2D eigenvalue weighted by molar-refractivity contribution is 0.427. The van der Waals surface area contributed by atoms with Crippen LogP contribution in [0.15, 0.2) is 152 Å². The first-order valence-corrected chi connectivity index (χ1v) is 15.6. The molecule has 2 nitrogen and oxygen atoms in total. The summed E-state index contributed by atoms with van der Waals surface area (Å²) in [5.74, 6) is 1.79. The predicted octanol–water partition coefficient (Wildman–Crippen LogP) is 10.7. The molecule has 0 atom stereocenters. The summed E-state index contributed by atoms with van der Waals surface area (Å²) in [6, 6.07) is 54.4. The second-order valence-corrected chi connectivity index (χ2v) is 12.7. The third-order valence-electron chi connectivity index (χ3n) is 10.0. The van der Waals surface area contributed by atoms with Crippen LogP contribution < -0.4 is 4.74 Å². The highest BCUT2D eigenvalue weighted by Crippen LogP contribution is 2.62. The third kappa shape index (κ3) is 3.54. The third-order valence-corrected chi connectivity index (χ3v) is 10.0. The van der Waals surface area contributed by atoms with E-state index in [1.54, 1.807) is 0 Å². The predicted molar refractivity (Wildman–Crippen MR) is 183 cm³/mol. The van der Waals surface area contributed by atoms with Crippen LogP contribution in [0.3, 0.4) is 0 Å². The molecule has 9 rings (SSSR count). The Morgan fingerprint density at radius 2 is 1.07 bits per heavy atom. The largest absolute Gasteiger partial charge is 0.456 e. The molecule has 0 radical (unpaired) electrons. The first-order chi connectivity index (χ1) is 22.1. The van der Waals surface area contributed by atoms with Gasteiger partial charge >= 0.3 is 0 Å². The Morgan fingerprint density at radius 3 is 1.80 bits per heavy atom. The van der Waals surface area contributed by atoms with Crippen molar-refractivity contribution in [2.75, 3.05) is 0 Å². The molecule has 45 heavy (non-hydrogen) atoms. The minimum absolute atomic E-state index is 0.157. The normalized spacial score (nSPS) is 15.0. The van der Waals surface area contributed by atoms with E-state index in [1.807, 2.05) is 6.07 Å². The highest BCUT2D eigenvalue weighted by molar-refractivity contribution is 5.99. The van der Waals surface area contributed by atoms with Crippen molar-refractivity contribution in [2.45, 2.75) is 24.7 Å². The SMILES string of the molecule is CC1(C)c2ccccc2C2(c3ccccc3Oc3c(-c4cc(-c5ccccc5)nc5ccccc45)cccc32)c2ccccc21. The smallest absolute Gasteiger partial charge is 0.140 e. The average molecular weight is 578 g/mol. The summed E-state index contributed by atoms with van der Waals surface area (Å²) < 4.78 is 7.05. The maximum Gasteiger partial charge on any atom is 0.140 e. The van der Waals surface area contributed by atoms with Crippen LogP contribution in [0.1, 0.15) is 47.2 Å². The zero-order valence-corrected chi connectivity index (χ0v) is 25.3. The highest BCUT2D eigenvalue weighted by atomic mass is 16.5. The second-order valence-electron chi connectivity index (χ2n) is 12.7. The van der Waals surface area contributed by atoms with Gasteiger partial charge in [-0.25, -0.2) is 4.98 Å². The first-order valence-electron chi connectivity index (χ1n) is 15.6. The number of nitrogens with zero attached hydrogens (tertiary/aromatic N) is 1. The van der Waals surface area contributed by atoms with E-state index in [1.165, 1.54) is 27.8 Å². The van der Waals surface area contributed by atoms with Gasteiger partial charge < -0.3 is 4.74 Å². The van der Waals surface area contributed by atoms with Gasteiger partial charge in [0.1, 0.15) is 11.5 Å². The van der Waals surface area contributed by atoms with Crippen LogP contribution in [0, 0.1) is 0 Å². The van der Waals surface area contributed by atoms with Crippen LogP contribution in [0.5, 0.6) is 11.5 Å². The van der Waals surface area contributed by atoms with Crippen LogP contribution in [0.25, 0.3) is 33.3 Å². The summed E-state index contributed by atoms with van der Waals surface area (Å²) in [6.45, 7) is 4.71. The molecule has 6 aromatic carbocycles. The number of para-hydroxylation sites is 3. The number of fused-ring (bicyclic) bond motifs is 9. The molecule has 2 aliphatic rings. The molecule has 2 heterocycles. The lowest BCUT2D eigenvalue weighted by atomic mass is 9.53. The van der Waals surface area contributed by atoms with E-state index < -0.39 is 5.41 Å². The van der Waals surface area contributed by atoms with Crippen LogP contribution in [0.4, 0.5) is 0 Å². The summed E-state index contributed by atoms with van der Waals surface area (Å²) in [5.41, 5.74) is 12.1. The Hall–Kier alpha value is -5.47. The van der Waals surface area contributed by atoms with Crippen molar-refractivity contribution >= 4 is 10.9 Å². The van der Waals surface area contributed by atoms with Gasteiger partial charge in [-0.05, 0) is 46.0 Å². The Labute approximate surface area is 263 Å². The lowest BCUT2D eigenvalue weighted by Crippen LogP contribution is -2.43. The second kappa shape index (κ2) is 9.51. The Kier molecular flexibility index (Phi) is 5.49. The van der Waals surface area contributed by atoms with Gasteiger partial charge in [-0.15, -0.1) is 0 Å². The van der Waals surface area contributed by atoms with Crippen molar-refractivity contribution in [1.82, 2.24) is 4.98 Å². The number of benzene rings is 6. The fourth-order valence-electron chi connectivity index (χ4n) is 8.01. The van der Waals surface area contributed by atoms with E-state index in [4.69, 9.17) is 9.72 Å². The molecule has 0 N–H and O–H groups in total. The van der Waals surface area contributed by atoms with Gasteiger partial charge in [0, 0.05) is 33.1 Å². The van der Waals surface area contributed by atoms with Crippen LogP contribution in [0.2, 0.25) is 0 Å². The maximum absolute atomic E-state index is 7.05. The topological polar surface area (TPSA) is 22.1 Å². The van der Waals surface area contributed by atoms with Gasteiger partial charge in [-0.3, -0.25) is 0 Å². The number of hydrogen-bond acceptors (Lipinski definition) is 2. The van der Waals surface area contributed by atoms with E-state index in [9.17, 15) is 0 Å². The molecule has 0 saturated carbocycles. The number of ether oxygens (including phenoxy) is 1. The van der Waals surface area contributed by atoms with E-state index in [2.05, 4.69) is 159 Å². The zero-order valence-electron chi connectivity index (χ0n) is 25.3. The van der Waals surface area contributed by atoms with E-state index in [0.29, 0.717) is 0 Å². The number of rotatable bonds is 2. The van der Waals surface area contributed by atoms with Crippen LogP contribution >= 0.6 is 0 Å². The molecule has 0 saturated heterocycles. The molecule has 0 amide bonds. The molecule has 1 spiro atoms. The van der Waals surface area contributed by atoms with Crippen LogP contribution in [-0.2, 0) is 10.8 Å². The molecule has 7 aromatic rings. The molecular formula is C43H31NO. The molecule has 0 unspecified atom stereocenters. The number of pyridine rings is 1. The van der Waals surface area contributed by atoms with Gasteiger partial charge in [0.25, 0.3) is 0 Å². The molecule has 1 aliphatic heterocycles. The van der Waals surface area contributed by atoms with Gasteiger partial charge in [0.05, 0.1) is 16.6 Å². The maximum atomic E-state index is 7.05. The minimum Gasteiger partial charge on any atom is -0.456 e. The van der Waals surface area contributed by atoms with Gasteiger partial charge in [0.2, 0.25) is 0 Å². The van der Waals surface area contributed by atoms with Gasteiger partial charge in [-0.2, -0.15) is 0 Å². The van der Waals surface area contributed by atoms with Gasteiger partial charge in [-0.1, -0.05) is 147 Å². The summed E-state index contributed by atoms with van der Waals surface area (Å²) in [7, 11) is 0. The van der Waals surface area contributed by atoms with E-state index in [-0.39, 0.29) is 5.41 Å². The Morgan fingerprint density at radius 1 is 0.489 bits per heavy atom. The molecule has 1 aromatic heterocycles. The first kappa shape index (κ1) is 26.0. The summed E-state index contributed by atoms with van der Waals surface area (Å²) >= 11 is 0. The fraction of sp³-hybridized carbons (Fsp3) is 0.0930. The molecule has 1 aliphatic carbocycles. The standard InChI is InChI=1S/C43H31NO/c1-42(2)32-19-7-9-21-34(32)43(35-22-10-8-20-33(35)42)36-23-11-13-26-40(36)45-41-30(18-14-24-37(41)43)31-27-39(28-15-4-3-5-16-28)44-38-25-12-6-17-29(31)38/h3-27H,1-2H3. The van der Waals surface area contributed by atoms with Gasteiger partial charge in [0.15, 0.2) is 0 Å². The molecule has 0 bridgehead atoms. The Bertz CT molecular complexity index is 2230. The molecule has 0 fully saturated rings. The lowest BCUT2D eigenvalue weighted by Gasteiger charge is -2.50. The molecule has 2 heteroatoms. The fourth-order valence-corrected chi connectivity index (χ4v) is 8.01. The molecular weight excluding hydrogens is 546 g/mol. The van der Waals surface area contributed by atoms with Crippen molar-refractivity contribution in [3.05, 3.63) is 185 Å². The number of aromatic nitrogens is 1. The monoisotopic (exact) mass is 577 g/mol. The zero-order chi connectivity index (χ0) is 30.2. The summed E-state index contributed by atoms with van der Waals surface area (Å²) in [5, 5.41) is 1.10. The minimum atomic E-state index is -0.548. The van der Waals surface area contributed by atoms with Crippen molar-refractivity contribution in [3.63, 3.8) is 0 Å². The molecule has 214 valence electrons. The van der Waals surface area contributed by atoms with E-state index in [0.717, 1.165) is 50.3 Å². The van der Waals surface area contributed by atoms with Crippen molar-refractivity contribution in [1.29, 1.82) is 0 Å². The number of hydrogen-bond donors (Lipinski definition) is 0. The highest BCUT2D eigenvalue weighted by Gasteiger charge is 2.53. The summed E-state index contributed by atoms with van der Waals surface area (Å²) in [4.78, 5) is 5.10. The van der Waals surface area contributed by atoms with Crippen LogP contribution in [-0.4, -0.2) is 4.98 Å². The van der Waals surface area contributed by atoms with E-state index >= 15 is 0 Å². The Balaban J connectivity index is 1.42. The van der Waals surface area contributed by atoms with Crippen molar-refractivity contribution < 1.29 is 4.74 Å². The van der Waals surface area contributed by atoms with Crippen molar-refractivity contribution in [3.8, 4) is 33.9 Å². The summed E-state index contributed by atoms with van der Waals surface area (Å²) in [6.07, 6.45) is 0. The average Bonchev–Trinajstić information content (AvgIpc) is 3.10. The quantitative estimate of drug-likeness (QED) is 0.204. The van der Waals surface area contributed by atoms with Crippen molar-refractivity contribution in [2.24, 2.45) is 0 Å².